The van der Waals surface area contributed by atoms with Crippen molar-refractivity contribution in [1.82, 2.24) is 9.80 Å². The van der Waals surface area contributed by atoms with Crippen molar-refractivity contribution in [1.29, 1.82) is 0 Å². The van der Waals surface area contributed by atoms with Crippen LogP contribution >= 0.6 is 0 Å². The first-order valence-electron chi connectivity index (χ1n) is 8.45. The molecule has 132 valence electrons. The molecule has 0 aliphatic carbocycles. The number of hydrogen-bond donors (Lipinski definition) is 0. The van der Waals surface area contributed by atoms with Crippen molar-refractivity contribution in [2.45, 2.75) is 13.8 Å². The summed E-state index contributed by atoms with van der Waals surface area (Å²) in [6.07, 6.45) is 3.42. The Morgan fingerprint density at radius 1 is 1.17 bits per heavy atom. The van der Waals surface area contributed by atoms with Gasteiger partial charge in [0.05, 0.1) is 14.2 Å². The van der Waals surface area contributed by atoms with E-state index in [-0.39, 0.29) is 5.91 Å². The average molecular weight is 332 g/mol. The van der Waals surface area contributed by atoms with Crippen LogP contribution in [0.5, 0.6) is 11.5 Å². The predicted molar refractivity (Wildman–Crippen MR) is 96.4 cm³/mol. The average Bonchev–Trinajstić information content (AvgIpc) is 2.59. The maximum atomic E-state index is 12.4. The molecule has 0 radical (unpaired) electrons. The van der Waals surface area contributed by atoms with E-state index < -0.39 is 0 Å². The number of amides is 1. The standard InChI is InChI=1S/C19H28N2O3/c1-15(2)14-20-9-11-21(12-10-20)19(22)8-5-16-13-17(23-3)6-7-18(16)24-4/h5-8,13,15H,9-12,14H2,1-4H3/b8-5+. The molecule has 1 fully saturated rings. The Morgan fingerprint density at radius 3 is 2.46 bits per heavy atom. The molecule has 0 saturated carbocycles. The number of piperazine rings is 1. The van der Waals surface area contributed by atoms with Crippen LogP contribution in [-0.2, 0) is 4.79 Å². The van der Waals surface area contributed by atoms with Crippen LogP contribution in [0, 0.1) is 5.92 Å². The molecule has 0 atom stereocenters. The van der Waals surface area contributed by atoms with Gasteiger partial charge in [-0.1, -0.05) is 13.8 Å². The lowest BCUT2D eigenvalue weighted by molar-refractivity contribution is -0.127. The molecule has 0 N–H and O–H groups in total. The summed E-state index contributed by atoms with van der Waals surface area (Å²) in [6, 6.07) is 5.54. The summed E-state index contributed by atoms with van der Waals surface area (Å²) in [5, 5.41) is 0. The van der Waals surface area contributed by atoms with E-state index in [4.69, 9.17) is 9.47 Å². The van der Waals surface area contributed by atoms with Gasteiger partial charge in [0.15, 0.2) is 0 Å². The topological polar surface area (TPSA) is 42.0 Å². The third-order valence-electron chi connectivity index (χ3n) is 4.15. The lowest BCUT2D eigenvalue weighted by Crippen LogP contribution is -2.49. The summed E-state index contributed by atoms with van der Waals surface area (Å²) in [5.41, 5.74) is 0.837. The van der Waals surface area contributed by atoms with E-state index in [1.54, 1.807) is 26.4 Å². The summed E-state index contributed by atoms with van der Waals surface area (Å²) in [4.78, 5) is 16.7. The van der Waals surface area contributed by atoms with E-state index >= 15 is 0 Å². The number of nitrogens with zero attached hydrogens (tertiary/aromatic N) is 2. The number of methoxy groups -OCH3 is 2. The van der Waals surface area contributed by atoms with Gasteiger partial charge in [-0.25, -0.2) is 0 Å². The third-order valence-corrected chi connectivity index (χ3v) is 4.15. The molecule has 24 heavy (non-hydrogen) atoms. The molecule has 0 spiro atoms. The first-order valence-corrected chi connectivity index (χ1v) is 8.45. The second-order valence-electron chi connectivity index (χ2n) is 6.46. The van der Waals surface area contributed by atoms with Crippen molar-refractivity contribution in [2.75, 3.05) is 46.9 Å². The van der Waals surface area contributed by atoms with E-state index in [0.29, 0.717) is 5.92 Å². The number of ether oxygens (including phenoxy) is 2. The fourth-order valence-electron chi connectivity index (χ4n) is 2.90. The molecule has 0 bridgehead atoms. The van der Waals surface area contributed by atoms with Gasteiger partial charge in [-0.15, -0.1) is 0 Å². The molecule has 1 saturated heterocycles. The summed E-state index contributed by atoms with van der Waals surface area (Å²) < 4.78 is 10.6. The van der Waals surface area contributed by atoms with Crippen LogP contribution in [0.3, 0.4) is 0 Å². The van der Waals surface area contributed by atoms with E-state index in [1.807, 2.05) is 23.1 Å². The highest BCUT2D eigenvalue weighted by Gasteiger charge is 2.19. The minimum atomic E-state index is 0.0454. The van der Waals surface area contributed by atoms with Crippen LogP contribution in [0.15, 0.2) is 24.3 Å². The second-order valence-corrected chi connectivity index (χ2v) is 6.46. The van der Waals surface area contributed by atoms with Gasteiger partial charge in [0, 0.05) is 44.4 Å². The molecule has 2 rings (SSSR count). The Balaban J connectivity index is 1.96. The highest BCUT2D eigenvalue weighted by molar-refractivity contribution is 5.92. The van der Waals surface area contributed by atoms with Gasteiger partial charge in [0.1, 0.15) is 11.5 Å². The molecule has 0 unspecified atom stereocenters. The fraction of sp³-hybridized carbons (Fsp3) is 0.526. The van der Waals surface area contributed by atoms with Gasteiger partial charge in [0.2, 0.25) is 5.91 Å². The van der Waals surface area contributed by atoms with E-state index in [1.165, 1.54) is 0 Å². The van der Waals surface area contributed by atoms with Crippen LogP contribution < -0.4 is 9.47 Å². The monoisotopic (exact) mass is 332 g/mol. The van der Waals surface area contributed by atoms with Crippen molar-refractivity contribution < 1.29 is 14.3 Å². The number of carbonyl (C=O) groups excluding carboxylic acids is 1. The summed E-state index contributed by atoms with van der Waals surface area (Å²) >= 11 is 0. The number of carbonyl (C=O) groups is 1. The fourth-order valence-corrected chi connectivity index (χ4v) is 2.90. The minimum absolute atomic E-state index is 0.0454. The van der Waals surface area contributed by atoms with Crippen LogP contribution in [0.4, 0.5) is 0 Å². The lowest BCUT2D eigenvalue weighted by Gasteiger charge is -2.35. The third kappa shape index (κ3) is 4.99. The first-order chi connectivity index (χ1) is 11.5. The molecule has 5 nitrogen and oxygen atoms in total. The quantitative estimate of drug-likeness (QED) is 0.751. The SMILES string of the molecule is COc1ccc(OC)c(/C=C/C(=O)N2CCN(CC(C)C)CC2)c1. The molecule has 1 aromatic carbocycles. The minimum Gasteiger partial charge on any atom is -0.497 e. The predicted octanol–water partition coefficient (Wildman–Crippen LogP) is 2.52. The van der Waals surface area contributed by atoms with Gasteiger partial charge in [-0.2, -0.15) is 0 Å². The number of rotatable bonds is 6. The summed E-state index contributed by atoms with van der Waals surface area (Å²) in [5.74, 6) is 2.17. The molecule has 1 amide bonds. The molecule has 1 aliphatic heterocycles. The first kappa shape index (κ1) is 18.3. The Hall–Kier alpha value is -2.01. The van der Waals surface area contributed by atoms with Gasteiger partial charge < -0.3 is 14.4 Å². The molecule has 5 heteroatoms. The van der Waals surface area contributed by atoms with Gasteiger partial charge in [-0.3, -0.25) is 9.69 Å². The van der Waals surface area contributed by atoms with Crippen LogP contribution in [0.25, 0.3) is 6.08 Å². The van der Waals surface area contributed by atoms with Crippen molar-refractivity contribution >= 4 is 12.0 Å². The Bertz CT molecular complexity index is 576. The molecular weight excluding hydrogens is 304 g/mol. The Morgan fingerprint density at radius 2 is 1.88 bits per heavy atom. The zero-order valence-corrected chi connectivity index (χ0v) is 15.1. The van der Waals surface area contributed by atoms with E-state index in [0.717, 1.165) is 49.8 Å². The number of benzene rings is 1. The zero-order valence-electron chi connectivity index (χ0n) is 15.1. The van der Waals surface area contributed by atoms with Crippen LogP contribution in [-0.4, -0.2) is 62.7 Å². The normalized spacial score (nSPS) is 16.0. The number of hydrogen-bond acceptors (Lipinski definition) is 4. The highest BCUT2D eigenvalue weighted by Crippen LogP contribution is 2.25. The van der Waals surface area contributed by atoms with Gasteiger partial charge in [-0.05, 0) is 30.2 Å². The Kier molecular flexibility index (Phi) is 6.67. The molecule has 1 aromatic rings. The van der Waals surface area contributed by atoms with Crippen molar-refractivity contribution in [3.05, 3.63) is 29.8 Å². The van der Waals surface area contributed by atoms with Gasteiger partial charge >= 0.3 is 0 Å². The summed E-state index contributed by atoms with van der Waals surface area (Å²) in [7, 11) is 3.24. The van der Waals surface area contributed by atoms with Crippen LogP contribution in [0.2, 0.25) is 0 Å². The van der Waals surface area contributed by atoms with Crippen molar-refractivity contribution in [3.8, 4) is 11.5 Å². The zero-order chi connectivity index (χ0) is 17.5. The summed E-state index contributed by atoms with van der Waals surface area (Å²) in [6.45, 7) is 9.00. The van der Waals surface area contributed by atoms with Crippen molar-refractivity contribution in [3.63, 3.8) is 0 Å². The highest BCUT2D eigenvalue weighted by atomic mass is 16.5. The maximum absolute atomic E-state index is 12.4. The van der Waals surface area contributed by atoms with Crippen LogP contribution in [0.1, 0.15) is 19.4 Å². The Labute approximate surface area is 144 Å². The van der Waals surface area contributed by atoms with Gasteiger partial charge in [0.25, 0.3) is 0 Å². The molecule has 0 aromatic heterocycles. The van der Waals surface area contributed by atoms with E-state index in [9.17, 15) is 4.79 Å². The molecular formula is C19H28N2O3. The largest absolute Gasteiger partial charge is 0.497 e. The van der Waals surface area contributed by atoms with E-state index in [2.05, 4.69) is 18.7 Å². The molecule has 1 heterocycles. The lowest BCUT2D eigenvalue weighted by atomic mass is 10.1. The maximum Gasteiger partial charge on any atom is 0.246 e. The second kappa shape index (κ2) is 8.73. The van der Waals surface area contributed by atoms with Crippen molar-refractivity contribution in [2.24, 2.45) is 5.92 Å². The molecule has 1 aliphatic rings. The smallest absolute Gasteiger partial charge is 0.246 e.